The standard InChI is InChI=1S/C29H35NO6/c1-29(2,3)35-28(32)36-30-16-15-24(22-11-9-20(18-31)10-12-22)26(17-30)34-19-23-14-13-21-7-5-6-8-25(21)27(23)33-4/h5-14,24,26,31H,15-19H2,1-4H3. The van der Waals surface area contributed by atoms with Crippen LogP contribution in [0.15, 0.2) is 60.7 Å². The quantitative estimate of drug-likeness (QED) is 0.431. The number of hydrogen-bond acceptors (Lipinski definition) is 7. The van der Waals surface area contributed by atoms with Crippen molar-refractivity contribution >= 4 is 16.9 Å². The van der Waals surface area contributed by atoms with E-state index in [1.165, 1.54) is 0 Å². The van der Waals surface area contributed by atoms with E-state index in [0.717, 1.165) is 39.6 Å². The van der Waals surface area contributed by atoms with Gasteiger partial charge < -0.3 is 24.2 Å². The summed E-state index contributed by atoms with van der Waals surface area (Å²) in [5.41, 5.74) is 2.31. The van der Waals surface area contributed by atoms with Crippen molar-refractivity contribution in [3.8, 4) is 5.75 Å². The van der Waals surface area contributed by atoms with Crippen molar-refractivity contribution in [1.29, 1.82) is 0 Å². The monoisotopic (exact) mass is 493 g/mol. The molecular formula is C29H35NO6. The highest BCUT2D eigenvalue weighted by Crippen LogP contribution is 2.34. The van der Waals surface area contributed by atoms with Crippen LogP contribution in [0.1, 0.15) is 49.8 Å². The highest BCUT2D eigenvalue weighted by atomic mass is 16.8. The molecule has 1 heterocycles. The third-order valence-corrected chi connectivity index (χ3v) is 6.32. The Morgan fingerprint density at radius 3 is 2.50 bits per heavy atom. The van der Waals surface area contributed by atoms with Gasteiger partial charge in [0.05, 0.1) is 33.0 Å². The van der Waals surface area contributed by atoms with E-state index in [1.54, 1.807) is 32.9 Å². The fraction of sp³-hybridized carbons (Fsp3) is 0.414. The Balaban J connectivity index is 1.53. The molecule has 1 fully saturated rings. The maximum atomic E-state index is 12.3. The second-order valence-corrected chi connectivity index (χ2v) is 10.1. The molecule has 2 atom stereocenters. The molecular weight excluding hydrogens is 458 g/mol. The van der Waals surface area contributed by atoms with Gasteiger partial charge in [0.15, 0.2) is 0 Å². The summed E-state index contributed by atoms with van der Waals surface area (Å²) in [6.45, 7) is 6.74. The van der Waals surface area contributed by atoms with Gasteiger partial charge in [0.25, 0.3) is 0 Å². The number of benzene rings is 3. The zero-order chi connectivity index (χ0) is 25.7. The van der Waals surface area contributed by atoms with Crippen molar-refractivity contribution in [2.45, 2.75) is 58.0 Å². The molecule has 0 saturated carbocycles. The van der Waals surface area contributed by atoms with E-state index in [2.05, 4.69) is 12.1 Å². The van der Waals surface area contributed by atoms with E-state index >= 15 is 0 Å². The Kier molecular flexibility index (Phi) is 8.14. The lowest BCUT2D eigenvalue weighted by molar-refractivity contribution is -0.179. The molecule has 7 heteroatoms. The fourth-order valence-electron chi connectivity index (χ4n) is 4.61. The molecule has 1 aliphatic heterocycles. The molecule has 0 bridgehead atoms. The number of fused-ring (bicyclic) bond motifs is 1. The molecule has 36 heavy (non-hydrogen) atoms. The summed E-state index contributed by atoms with van der Waals surface area (Å²) in [6.07, 6.45) is -0.221. The maximum absolute atomic E-state index is 12.3. The van der Waals surface area contributed by atoms with Crippen LogP contribution in [-0.4, -0.2) is 48.2 Å². The number of carbonyl (C=O) groups excluding carboxylic acids is 1. The summed E-state index contributed by atoms with van der Waals surface area (Å²) < 4.78 is 17.6. The zero-order valence-electron chi connectivity index (χ0n) is 21.4. The van der Waals surface area contributed by atoms with Crippen LogP contribution in [0.4, 0.5) is 4.79 Å². The van der Waals surface area contributed by atoms with Gasteiger partial charge >= 0.3 is 6.16 Å². The van der Waals surface area contributed by atoms with Gasteiger partial charge in [0.1, 0.15) is 11.4 Å². The van der Waals surface area contributed by atoms with Crippen LogP contribution < -0.4 is 4.74 Å². The number of ether oxygens (including phenoxy) is 3. The van der Waals surface area contributed by atoms with E-state index in [9.17, 15) is 9.90 Å². The summed E-state index contributed by atoms with van der Waals surface area (Å²) >= 11 is 0. The fourth-order valence-corrected chi connectivity index (χ4v) is 4.61. The number of rotatable bonds is 7. The molecule has 0 amide bonds. The largest absolute Gasteiger partial charge is 0.528 e. The first-order valence-electron chi connectivity index (χ1n) is 12.3. The average molecular weight is 494 g/mol. The number of carbonyl (C=O) groups is 1. The second-order valence-electron chi connectivity index (χ2n) is 10.1. The van der Waals surface area contributed by atoms with E-state index in [4.69, 9.17) is 19.0 Å². The maximum Gasteiger partial charge on any atom is 0.528 e. The molecule has 0 spiro atoms. The smallest absolute Gasteiger partial charge is 0.496 e. The number of piperidine rings is 1. The topological polar surface area (TPSA) is 77.5 Å². The molecule has 7 nitrogen and oxygen atoms in total. The highest BCUT2D eigenvalue weighted by molar-refractivity contribution is 5.89. The molecule has 1 saturated heterocycles. The van der Waals surface area contributed by atoms with Crippen molar-refractivity contribution < 1.29 is 28.9 Å². The third kappa shape index (κ3) is 6.35. The van der Waals surface area contributed by atoms with Gasteiger partial charge in [0.2, 0.25) is 0 Å². The van der Waals surface area contributed by atoms with Crippen LogP contribution in [0, 0.1) is 0 Å². The number of hydrogen-bond donors (Lipinski definition) is 1. The Morgan fingerprint density at radius 1 is 1.06 bits per heavy atom. The van der Waals surface area contributed by atoms with Gasteiger partial charge in [-0.15, -0.1) is 5.06 Å². The molecule has 1 aliphatic rings. The normalized spacial score (nSPS) is 18.7. The SMILES string of the molecule is COc1c(COC2CN(OC(=O)OC(C)(C)C)CCC2c2ccc(CO)cc2)ccc2ccccc12. The lowest BCUT2D eigenvalue weighted by Crippen LogP contribution is -2.45. The van der Waals surface area contributed by atoms with Gasteiger partial charge in [-0.05, 0) is 43.7 Å². The number of methoxy groups -OCH3 is 1. The van der Waals surface area contributed by atoms with Crippen molar-refractivity contribution in [1.82, 2.24) is 5.06 Å². The van der Waals surface area contributed by atoms with Crippen LogP contribution in [0.2, 0.25) is 0 Å². The Labute approximate surface area is 212 Å². The Hall–Kier alpha value is -3.13. The first kappa shape index (κ1) is 25.9. The minimum Gasteiger partial charge on any atom is -0.496 e. The van der Waals surface area contributed by atoms with Crippen molar-refractivity contribution in [3.05, 3.63) is 77.4 Å². The molecule has 0 aliphatic carbocycles. The summed E-state index contributed by atoms with van der Waals surface area (Å²) in [5.74, 6) is 0.900. The first-order chi connectivity index (χ1) is 17.3. The van der Waals surface area contributed by atoms with E-state index < -0.39 is 11.8 Å². The van der Waals surface area contributed by atoms with Crippen molar-refractivity contribution in [2.75, 3.05) is 20.2 Å². The van der Waals surface area contributed by atoms with Gasteiger partial charge in [-0.3, -0.25) is 0 Å². The molecule has 0 aromatic heterocycles. The predicted octanol–water partition coefficient (Wildman–Crippen LogP) is 5.58. The van der Waals surface area contributed by atoms with Crippen molar-refractivity contribution in [2.24, 2.45) is 0 Å². The Morgan fingerprint density at radius 2 is 1.81 bits per heavy atom. The van der Waals surface area contributed by atoms with Gasteiger partial charge in [-0.25, -0.2) is 4.79 Å². The van der Waals surface area contributed by atoms with Gasteiger partial charge in [-0.2, -0.15) is 0 Å². The molecule has 2 unspecified atom stereocenters. The lowest BCUT2D eigenvalue weighted by atomic mass is 9.87. The van der Waals surface area contributed by atoms with Gasteiger partial charge in [0, 0.05) is 23.4 Å². The van der Waals surface area contributed by atoms with Crippen LogP contribution in [0.25, 0.3) is 10.8 Å². The summed E-state index contributed by atoms with van der Waals surface area (Å²) in [6, 6.07) is 20.1. The van der Waals surface area contributed by atoms with Crippen molar-refractivity contribution in [3.63, 3.8) is 0 Å². The molecule has 0 radical (unpaired) electrons. The van der Waals surface area contributed by atoms with E-state index in [0.29, 0.717) is 19.7 Å². The summed E-state index contributed by atoms with van der Waals surface area (Å²) in [7, 11) is 1.67. The van der Waals surface area contributed by atoms with Crippen LogP contribution in [-0.2, 0) is 27.5 Å². The Bertz CT molecular complexity index is 1170. The third-order valence-electron chi connectivity index (χ3n) is 6.32. The molecule has 4 rings (SSSR count). The molecule has 3 aromatic rings. The van der Waals surface area contributed by atoms with E-state index in [-0.39, 0.29) is 18.6 Å². The number of aliphatic hydroxyl groups is 1. The molecule has 3 aromatic carbocycles. The molecule has 1 N–H and O–H groups in total. The summed E-state index contributed by atoms with van der Waals surface area (Å²) in [5, 5.41) is 13.2. The molecule has 192 valence electrons. The average Bonchev–Trinajstić information content (AvgIpc) is 2.86. The summed E-state index contributed by atoms with van der Waals surface area (Å²) in [4.78, 5) is 17.8. The lowest BCUT2D eigenvalue weighted by Gasteiger charge is -2.37. The second kappa shape index (κ2) is 11.3. The first-order valence-corrected chi connectivity index (χ1v) is 12.3. The highest BCUT2D eigenvalue weighted by Gasteiger charge is 2.34. The minimum absolute atomic E-state index is 0.00411. The van der Waals surface area contributed by atoms with Crippen LogP contribution in [0.5, 0.6) is 5.75 Å². The number of hydroxylamine groups is 2. The number of aliphatic hydroxyl groups excluding tert-OH is 1. The zero-order valence-corrected chi connectivity index (χ0v) is 21.4. The van der Waals surface area contributed by atoms with E-state index in [1.807, 2.05) is 48.5 Å². The van der Waals surface area contributed by atoms with Crippen LogP contribution >= 0.6 is 0 Å². The number of nitrogens with zero attached hydrogens (tertiary/aromatic N) is 1. The minimum atomic E-state index is -0.719. The predicted molar refractivity (Wildman–Crippen MR) is 138 cm³/mol. The van der Waals surface area contributed by atoms with Gasteiger partial charge in [-0.1, -0.05) is 60.7 Å². The van der Waals surface area contributed by atoms with Crippen LogP contribution in [0.3, 0.4) is 0 Å².